The van der Waals surface area contributed by atoms with Gasteiger partial charge in [0.15, 0.2) is 0 Å². The second-order valence-corrected chi connectivity index (χ2v) is 8.38. The van der Waals surface area contributed by atoms with Crippen LogP contribution in [0.2, 0.25) is 0 Å². The SMILES string of the molecule is C=CC(=O)Nc1cccc(C(=O)N[C@@H]2CCCN(S(=O)(=O)N(C)C)C2)c1. The number of hydrogen-bond acceptors (Lipinski definition) is 4. The van der Waals surface area contributed by atoms with Crippen LogP contribution in [-0.4, -0.2) is 62.1 Å². The molecule has 0 aliphatic carbocycles. The van der Waals surface area contributed by atoms with Crippen molar-refractivity contribution in [1.82, 2.24) is 13.9 Å². The molecule has 2 amide bonds. The molecular weight excluding hydrogens is 356 g/mol. The van der Waals surface area contributed by atoms with Crippen LogP contribution in [0.3, 0.4) is 0 Å². The number of nitrogens with zero attached hydrogens (tertiary/aromatic N) is 2. The normalized spacial score (nSPS) is 18.3. The monoisotopic (exact) mass is 380 g/mol. The van der Waals surface area contributed by atoms with Gasteiger partial charge in [-0.2, -0.15) is 17.0 Å². The molecule has 1 fully saturated rings. The Morgan fingerprint density at radius 3 is 2.73 bits per heavy atom. The van der Waals surface area contributed by atoms with Crippen molar-refractivity contribution in [3.05, 3.63) is 42.5 Å². The minimum atomic E-state index is -3.50. The van der Waals surface area contributed by atoms with Crippen molar-refractivity contribution in [2.45, 2.75) is 18.9 Å². The van der Waals surface area contributed by atoms with E-state index in [-0.39, 0.29) is 24.4 Å². The maximum absolute atomic E-state index is 12.5. The lowest BCUT2D eigenvalue weighted by Gasteiger charge is -2.33. The fraction of sp³-hybridized carbons (Fsp3) is 0.412. The molecule has 0 saturated carbocycles. The second-order valence-electron chi connectivity index (χ2n) is 6.23. The molecule has 0 radical (unpaired) electrons. The van der Waals surface area contributed by atoms with Crippen LogP contribution in [-0.2, 0) is 15.0 Å². The maximum atomic E-state index is 12.5. The van der Waals surface area contributed by atoms with E-state index < -0.39 is 10.2 Å². The molecule has 26 heavy (non-hydrogen) atoms. The third-order valence-electron chi connectivity index (χ3n) is 4.08. The molecule has 0 unspecified atom stereocenters. The van der Waals surface area contributed by atoms with Crippen LogP contribution in [0.4, 0.5) is 5.69 Å². The summed E-state index contributed by atoms with van der Waals surface area (Å²) in [6.07, 6.45) is 2.53. The largest absolute Gasteiger partial charge is 0.348 e. The van der Waals surface area contributed by atoms with Crippen LogP contribution in [0.25, 0.3) is 0 Å². The minimum Gasteiger partial charge on any atom is -0.348 e. The van der Waals surface area contributed by atoms with Crippen LogP contribution < -0.4 is 10.6 Å². The lowest BCUT2D eigenvalue weighted by Crippen LogP contribution is -2.52. The molecule has 1 aliphatic heterocycles. The number of carbonyl (C=O) groups is 2. The number of amides is 2. The van der Waals surface area contributed by atoms with E-state index in [1.165, 1.54) is 22.7 Å². The van der Waals surface area contributed by atoms with Gasteiger partial charge in [0, 0.05) is 44.5 Å². The number of carbonyl (C=O) groups excluding carboxylic acids is 2. The van der Waals surface area contributed by atoms with Gasteiger partial charge in [0.1, 0.15) is 0 Å². The van der Waals surface area contributed by atoms with Crippen molar-refractivity contribution in [2.24, 2.45) is 0 Å². The first-order chi connectivity index (χ1) is 12.2. The van der Waals surface area contributed by atoms with Gasteiger partial charge in [0.25, 0.3) is 16.1 Å². The van der Waals surface area contributed by atoms with E-state index in [4.69, 9.17) is 0 Å². The van der Waals surface area contributed by atoms with Gasteiger partial charge < -0.3 is 10.6 Å². The van der Waals surface area contributed by atoms with E-state index in [9.17, 15) is 18.0 Å². The Balaban J connectivity index is 2.04. The van der Waals surface area contributed by atoms with Crippen molar-refractivity contribution in [3.8, 4) is 0 Å². The molecule has 1 heterocycles. The molecule has 1 atom stereocenters. The summed E-state index contributed by atoms with van der Waals surface area (Å²) in [6, 6.07) is 6.27. The topological polar surface area (TPSA) is 98.8 Å². The molecule has 2 N–H and O–H groups in total. The van der Waals surface area contributed by atoms with E-state index >= 15 is 0 Å². The molecular formula is C17H24N4O4S. The third-order valence-corrected chi connectivity index (χ3v) is 5.99. The lowest BCUT2D eigenvalue weighted by atomic mass is 10.1. The van der Waals surface area contributed by atoms with Crippen LogP contribution in [0.15, 0.2) is 36.9 Å². The Morgan fingerprint density at radius 2 is 2.08 bits per heavy atom. The zero-order valence-corrected chi connectivity index (χ0v) is 15.8. The highest BCUT2D eigenvalue weighted by atomic mass is 32.2. The predicted molar refractivity (Wildman–Crippen MR) is 99.9 cm³/mol. The number of hydrogen-bond donors (Lipinski definition) is 2. The standard InChI is InChI=1S/C17H24N4O4S/c1-4-16(22)18-14-8-5-7-13(11-14)17(23)19-15-9-6-10-21(12-15)26(24,25)20(2)3/h4-5,7-8,11,15H,1,6,9-10,12H2,2-3H3,(H,18,22)(H,19,23)/t15-/m1/s1. The van der Waals surface area contributed by atoms with E-state index in [1.54, 1.807) is 24.3 Å². The molecule has 2 rings (SSSR count). The highest BCUT2D eigenvalue weighted by Gasteiger charge is 2.31. The molecule has 1 aliphatic rings. The van der Waals surface area contributed by atoms with Crippen LogP contribution in [0.5, 0.6) is 0 Å². The Labute approximate surface area is 154 Å². The average Bonchev–Trinajstić information content (AvgIpc) is 2.61. The smallest absolute Gasteiger partial charge is 0.281 e. The van der Waals surface area contributed by atoms with E-state index in [1.807, 2.05) is 0 Å². The van der Waals surface area contributed by atoms with Gasteiger partial charge in [-0.1, -0.05) is 12.6 Å². The zero-order valence-electron chi connectivity index (χ0n) is 14.9. The quantitative estimate of drug-likeness (QED) is 0.714. The Kier molecular flexibility index (Phi) is 6.52. The fourth-order valence-corrected chi connectivity index (χ4v) is 3.89. The maximum Gasteiger partial charge on any atom is 0.281 e. The summed E-state index contributed by atoms with van der Waals surface area (Å²) in [4.78, 5) is 23.9. The highest BCUT2D eigenvalue weighted by molar-refractivity contribution is 7.86. The lowest BCUT2D eigenvalue weighted by molar-refractivity contribution is -0.111. The third kappa shape index (κ3) is 4.90. The van der Waals surface area contributed by atoms with Crippen molar-refractivity contribution in [2.75, 3.05) is 32.5 Å². The molecule has 9 heteroatoms. The van der Waals surface area contributed by atoms with E-state index in [0.29, 0.717) is 30.6 Å². The summed E-state index contributed by atoms with van der Waals surface area (Å²) in [7, 11) is -0.525. The summed E-state index contributed by atoms with van der Waals surface area (Å²) < 4.78 is 27.1. The van der Waals surface area contributed by atoms with Gasteiger partial charge in [-0.05, 0) is 37.1 Å². The van der Waals surface area contributed by atoms with Gasteiger partial charge in [-0.15, -0.1) is 0 Å². The molecule has 142 valence electrons. The van der Waals surface area contributed by atoms with Crippen molar-refractivity contribution in [1.29, 1.82) is 0 Å². The zero-order chi connectivity index (χ0) is 19.3. The van der Waals surface area contributed by atoms with Crippen molar-refractivity contribution in [3.63, 3.8) is 0 Å². The highest BCUT2D eigenvalue weighted by Crippen LogP contribution is 2.17. The van der Waals surface area contributed by atoms with Crippen LogP contribution in [0, 0.1) is 0 Å². The number of piperidine rings is 1. The first kappa shape index (κ1) is 20.1. The molecule has 0 spiro atoms. The minimum absolute atomic E-state index is 0.235. The van der Waals surface area contributed by atoms with Gasteiger partial charge in [-0.3, -0.25) is 9.59 Å². The number of nitrogens with one attached hydrogen (secondary N) is 2. The molecule has 1 saturated heterocycles. The van der Waals surface area contributed by atoms with Gasteiger partial charge in [0.2, 0.25) is 5.91 Å². The second kappa shape index (κ2) is 8.43. The Morgan fingerprint density at radius 1 is 1.35 bits per heavy atom. The summed E-state index contributed by atoms with van der Waals surface area (Å²) in [5, 5.41) is 5.47. The molecule has 0 bridgehead atoms. The van der Waals surface area contributed by atoms with Gasteiger partial charge >= 0.3 is 0 Å². The summed E-state index contributed by atoms with van der Waals surface area (Å²) >= 11 is 0. The van der Waals surface area contributed by atoms with E-state index in [2.05, 4.69) is 17.2 Å². The molecule has 8 nitrogen and oxygen atoms in total. The van der Waals surface area contributed by atoms with Crippen molar-refractivity contribution >= 4 is 27.7 Å². The van der Waals surface area contributed by atoms with Crippen molar-refractivity contribution < 1.29 is 18.0 Å². The Hall–Kier alpha value is -2.23. The van der Waals surface area contributed by atoms with E-state index in [0.717, 1.165) is 6.08 Å². The van der Waals surface area contributed by atoms with Crippen LogP contribution in [0.1, 0.15) is 23.2 Å². The summed E-state index contributed by atoms with van der Waals surface area (Å²) in [6.45, 7) is 4.06. The number of rotatable bonds is 6. The number of anilines is 1. The van der Waals surface area contributed by atoms with Crippen LogP contribution >= 0.6 is 0 Å². The average molecular weight is 380 g/mol. The summed E-state index contributed by atoms with van der Waals surface area (Å²) in [5.41, 5.74) is 0.877. The van der Waals surface area contributed by atoms with Gasteiger partial charge in [-0.25, -0.2) is 0 Å². The number of benzene rings is 1. The summed E-state index contributed by atoms with van der Waals surface area (Å²) in [5.74, 6) is -0.673. The molecule has 1 aromatic carbocycles. The Bertz CT molecular complexity index is 792. The first-order valence-corrected chi connectivity index (χ1v) is 9.65. The molecule has 0 aromatic heterocycles. The fourth-order valence-electron chi connectivity index (χ4n) is 2.70. The van der Waals surface area contributed by atoms with Gasteiger partial charge in [0.05, 0.1) is 0 Å². The first-order valence-electron chi connectivity index (χ1n) is 8.26. The predicted octanol–water partition coefficient (Wildman–Crippen LogP) is 0.812. The molecule has 1 aromatic rings.